The van der Waals surface area contributed by atoms with Crippen LogP contribution in [0, 0.1) is 0 Å². The van der Waals surface area contributed by atoms with Crippen LogP contribution in [0.25, 0.3) is 27.1 Å². The van der Waals surface area contributed by atoms with Crippen LogP contribution in [0.15, 0.2) is 85.1 Å². The second-order valence-corrected chi connectivity index (χ2v) is 6.80. The largest absolute Gasteiger partial charge is 0.508 e. The number of phenolic OH excluding ortho intramolecular Hbond substituents is 1. The summed E-state index contributed by atoms with van der Waals surface area (Å²) in [5, 5.41) is 14.1. The molecule has 0 atom stereocenters. The first-order chi connectivity index (χ1) is 13.7. The SMILES string of the molecule is O=CO/C=C(\CCc1ccc2cc(O)ccc2c1)c1ccc2ccccc2c1. The van der Waals surface area contributed by atoms with Crippen LogP contribution in [-0.2, 0) is 16.0 Å². The van der Waals surface area contributed by atoms with Crippen molar-refractivity contribution in [1.29, 1.82) is 0 Å². The molecule has 0 aliphatic carbocycles. The maximum absolute atomic E-state index is 10.7. The summed E-state index contributed by atoms with van der Waals surface area (Å²) in [6.45, 7) is 0.448. The van der Waals surface area contributed by atoms with Crippen molar-refractivity contribution < 1.29 is 14.6 Å². The molecule has 0 fully saturated rings. The summed E-state index contributed by atoms with van der Waals surface area (Å²) in [7, 11) is 0. The molecule has 0 radical (unpaired) electrons. The summed E-state index contributed by atoms with van der Waals surface area (Å²) < 4.78 is 4.96. The Morgan fingerprint density at radius 1 is 0.821 bits per heavy atom. The van der Waals surface area contributed by atoms with E-state index < -0.39 is 0 Å². The van der Waals surface area contributed by atoms with Gasteiger partial charge in [-0.2, -0.15) is 0 Å². The maximum Gasteiger partial charge on any atom is 0.297 e. The van der Waals surface area contributed by atoms with Crippen molar-refractivity contribution in [3.63, 3.8) is 0 Å². The molecule has 138 valence electrons. The molecule has 0 unspecified atom stereocenters. The van der Waals surface area contributed by atoms with Gasteiger partial charge in [0.05, 0.1) is 6.26 Å². The Morgan fingerprint density at radius 3 is 2.39 bits per heavy atom. The van der Waals surface area contributed by atoms with Crippen LogP contribution in [0.5, 0.6) is 5.75 Å². The van der Waals surface area contributed by atoms with Crippen LogP contribution in [0.4, 0.5) is 0 Å². The Bertz CT molecular complexity index is 1170. The zero-order valence-corrected chi connectivity index (χ0v) is 15.3. The number of allylic oxidation sites excluding steroid dienone is 1. The lowest BCUT2D eigenvalue weighted by atomic mass is 9.96. The number of rotatable bonds is 6. The first kappa shape index (κ1) is 17.8. The highest BCUT2D eigenvalue weighted by atomic mass is 16.5. The van der Waals surface area contributed by atoms with Crippen molar-refractivity contribution in [3.8, 4) is 5.75 Å². The van der Waals surface area contributed by atoms with Gasteiger partial charge in [0.15, 0.2) is 0 Å². The Hall–Kier alpha value is -3.59. The number of aromatic hydroxyl groups is 1. The van der Waals surface area contributed by atoms with Crippen LogP contribution in [0.3, 0.4) is 0 Å². The predicted octanol–water partition coefficient (Wildman–Crippen LogP) is 5.85. The summed E-state index contributed by atoms with van der Waals surface area (Å²) in [5.74, 6) is 0.271. The lowest BCUT2D eigenvalue weighted by Crippen LogP contribution is -1.92. The molecule has 28 heavy (non-hydrogen) atoms. The summed E-state index contributed by atoms with van der Waals surface area (Å²) in [6, 6.07) is 26.1. The van der Waals surface area contributed by atoms with Crippen LogP contribution in [0.1, 0.15) is 17.5 Å². The summed E-state index contributed by atoms with van der Waals surface area (Å²) in [5.41, 5.74) is 3.21. The molecule has 3 nitrogen and oxygen atoms in total. The van der Waals surface area contributed by atoms with Gasteiger partial charge in [0.1, 0.15) is 5.75 Å². The third kappa shape index (κ3) is 3.89. The number of fused-ring (bicyclic) bond motifs is 2. The van der Waals surface area contributed by atoms with Crippen LogP contribution >= 0.6 is 0 Å². The van der Waals surface area contributed by atoms with E-state index in [9.17, 15) is 9.90 Å². The third-order valence-corrected chi connectivity index (χ3v) is 4.96. The highest BCUT2D eigenvalue weighted by Crippen LogP contribution is 2.26. The quantitative estimate of drug-likeness (QED) is 0.343. The Morgan fingerprint density at radius 2 is 1.54 bits per heavy atom. The fourth-order valence-corrected chi connectivity index (χ4v) is 3.49. The third-order valence-electron chi connectivity index (χ3n) is 4.96. The minimum absolute atomic E-state index is 0.271. The molecule has 0 spiro atoms. The van der Waals surface area contributed by atoms with Crippen molar-refractivity contribution in [3.05, 3.63) is 96.3 Å². The van der Waals surface area contributed by atoms with Crippen molar-refractivity contribution in [1.82, 2.24) is 0 Å². The van der Waals surface area contributed by atoms with Gasteiger partial charge < -0.3 is 9.84 Å². The molecule has 0 heterocycles. The molecule has 0 saturated heterocycles. The topological polar surface area (TPSA) is 46.5 Å². The van der Waals surface area contributed by atoms with E-state index in [1.165, 1.54) is 17.2 Å². The number of aryl methyl sites for hydroxylation is 1. The van der Waals surface area contributed by atoms with Gasteiger partial charge in [-0.3, -0.25) is 4.79 Å². The zero-order valence-electron chi connectivity index (χ0n) is 15.3. The number of phenols is 1. The van der Waals surface area contributed by atoms with E-state index in [1.54, 1.807) is 12.1 Å². The number of hydrogen-bond donors (Lipinski definition) is 1. The van der Waals surface area contributed by atoms with Gasteiger partial charge in [-0.05, 0) is 69.3 Å². The van der Waals surface area contributed by atoms with E-state index in [1.807, 2.05) is 24.3 Å². The second-order valence-electron chi connectivity index (χ2n) is 6.80. The molecule has 0 amide bonds. The van der Waals surface area contributed by atoms with E-state index in [0.29, 0.717) is 6.47 Å². The van der Waals surface area contributed by atoms with Gasteiger partial charge >= 0.3 is 0 Å². The van der Waals surface area contributed by atoms with Crippen LogP contribution in [-0.4, -0.2) is 11.6 Å². The van der Waals surface area contributed by atoms with E-state index in [2.05, 4.69) is 42.5 Å². The Balaban J connectivity index is 1.59. The molecule has 1 N–H and O–H groups in total. The van der Waals surface area contributed by atoms with Crippen molar-refractivity contribution in [2.75, 3.05) is 0 Å². The van der Waals surface area contributed by atoms with Crippen molar-refractivity contribution in [2.45, 2.75) is 12.8 Å². The van der Waals surface area contributed by atoms with E-state index >= 15 is 0 Å². The van der Waals surface area contributed by atoms with E-state index in [0.717, 1.165) is 40.1 Å². The standard InChI is InChI=1S/C25H20O3/c26-17-28-16-24(22-10-9-19-3-1-2-4-20(19)14-22)8-6-18-5-7-23-15-25(27)12-11-21(23)13-18/h1-5,7,9-17,27H,6,8H2/b24-16+. The number of carbonyl (C=O) groups is 1. The van der Waals surface area contributed by atoms with Crippen LogP contribution in [0.2, 0.25) is 0 Å². The first-order valence-electron chi connectivity index (χ1n) is 9.22. The average molecular weight is 368 g/mol. The number of hydrogen-bond acceptors (Lipinski definition) is 3. The number of benzene rings is 4. The van der Waals surface area contributed by atoms with Gasteiger partial charge in [-0.1, -0.05) is 60.7 Å². The molecule has 4 rings (SSSR count). The van der Waals surface area contributed by atoms with Crippen LogP contribution < -0.4 is 0 Å². The number of carbonyl (C=O) groups excluding carboxylic acids is 1. The molecule has 0 bridgehead atoms. The first-order valence-corrected chi connectivity index (χ1v) is 9.22. The highest BCUT2D eigenvalue weighted by Gasteiger charge is 2.06. The molecule has 0 saturated carbocycles. The van der Waals surface area contributed by atoms with Crippen molar-refractivity contribution in [2.24, 2.45) is 0 Å². The van der Waals surface area contributed by atoms with E-state index in [-0.39, 0.29) is 5.75 Å². The molecule has 0 aliphatic rings. The fraction of sp³-hybridized carbons (Fsp3) is 0.0800. The lowest BCUT2D eigenvalue weighted by molar-refractivity contribution is -0.123. The van der Waals surface area contributed by atoms with Crippen molar-refractivity contribution >= 4 is 33.6 Å². The van der Waals surface area contributed by atoms with Gasteiger partial charge in [0, 0.05) is 0 Å². The van der Waals surface area contributed by atoms with E-state index in [4.69, 9.17) is 4.74 Å². The van der Waals surface area contributed by atoms with Gasteiger partial charge in [0.2, 0.25) is 0 Å². The molecule has 4 aromatic carbocycles. The minimum atomic E-state index is 0.271. The molecular weight excluding hydrogens is 348 g/mol. The van der Waals surface area contributed by atoms with Gasteiger partial charge in [-0.25, -0.2) is 0 Å². The average Bonchev–Trinajstić information content (AvgIpc) is 2.73. The second kappa shape index (κ2) is 7.97. The monoisotopic (exact) mass is 368 g/mol. The fourth-order valence-electron chi connectivity index (χ4n) is 3.49. The summed E-state index contributed by atoms with van der Waals surface area (Å²) in [4.78, 5) is 10.7. The molecule has 3 heteroatoms. The van der Waals surface area contributed by atoms with Gasteiger partial charge in [-0.15, -0.1) is 0 Å². The predicted molar refractivity (Wildman–Crippen MR) is 113 cm³/mol. The normalized spacial score (nSPS) is 11.6. The Labute approximate surface area is 163 Å². The molecule has 4 aromatic rings. The summed E-state index contributed by atoms with van der Waals surface area (Å²) in [6.07, 6.45) is 3.10. The zero-order chi connectivity index (χ0) is 19.3. The highest BCUT2D eigenvalue weighted by molar-refractivity contribution is 5.86. The number of ether oxygens (including phenoxy) is 1. The molecular formula is C25H20O3. The maximum atomic E-state index is 10.7. The summed E-state index contributed by atoms with van der Waals surface area (Å²) >= 11 is 0. The Kier molecular flexibility index (Phi) is 5.07. The molecule has 0 aromatic heterocycles. The lowest BCUT2D eigenvalue weighted by Gasteiger charge is -2.10. The molecule has 0 aliphatic heterocycles. The minimum Gasteiger partial charge on any atom is -0.508 e. The smallest absolute Gasteiger partial charge is 0.297 e. The van der Waals surface area contributed by atoms with Gasteiger partial charge in [0.25, 0.3) is 6.47 Å².